The summed E-state index contributed by atoms with van der Waals surface area (Å²) in [6.45, 7) is 10.2. The van der Waals surface area contributed by atoms with E-state index in [-0.39, 0.29) is 5.60 Å². The van der Waals surface area contributed by atoms with Crippen LogP contribution < -0.4 is 10.6 Å². The van der Waals surface area contributed by atoms with Gasteiger partial charge in [-0.2, -0.15) is 0 Å². The first kappa shape index (κ1) is 9.96. The van der Waals surface area contributed by atoms with Crippen molar-refractivity contribution >= 4 is 0 Å². The molecule has 0 amide bonds. The van der Waals surface area contributed by atoms with Crippen molar-refractivity contribution in [2.75, 3.05) is 26.2 Å². The van der Waals surface area contributed by atoms with Crippen LogP contribution in [0.15, 0.2) is 0 Å². The van der Waals surface area contributed by atoms with Crippen LogP contribution in [0.4, 0.5) is 0 Å². The van der Waals surface area contributed by atoms with Crippen molar-refractivity contribution in [3.05, 3.63) is 0 Å². The van der Waals surface area contributed by atoms with Crippen LogP contribution in [-0.4, -0.2) is 37.9 Å². The van der Waals surface area contributed by atoms with Crippen molar-refractivity contribution in [3.8, 4) is 0 Å². The average molecular weight is 172 g/mol. The largest absolute Gasteiger partial charge is 0.374 e. The van der Waals surface area contributed by atoms with Gasteiger partial charge in [-0.25, -0.2) is 0 Å². The fourth-order valence-corrected chi connectivity index (χ4v) is 1.18. The zero-order chi connectivity index (χ0) is 9.03. The molecule has 0 radical (unpaired) electrons. The van der Waals surface area contributed by atoms with Gasteiger partial charge in [-0.15, -0.1) is 0 Å². The number of ether oxygens (including phenoxy) is 1. The van der Waals surface area contributed by atoms with Gasteiger partial charge in [-0.05, 0) is 20.8 Å². The lowest BCUT2D eigenvalue weighted by Gasteiger charge is -2.28. The third-order valence-corrected chi connectivity index (χ3v) is 1.84. The van der Waals surface area contributed by atoms with Crippen LogP contribution in [0.25, 0.3) is 0 Å². The standard InChI is InChI=1S/C9H20N2O/c1-9(2,3)12-7-8-6-10-4-5-11-8/h8,10-11H,4-7H2,1-3H3/t8-/m0/s1. The smallest absolute Gasteiger partial charge is 0.0639 e. The average Bonchev–Trinajstić information content (AvgIpc) is 2.02. The Morgan fingerprint density at radius 2 is 2.08 bits per heavy atom. The Hall–Kier alpha value is -0.120. The SMILES string of the molecule is CC(C)(C)OC[C@@H]1CNCCN1. The molecule has 1 saturated heterocycles. The van der Waals surface area contributed by atoms with Gasteiger partial charge < -0.3 is 15.4 Å². The molecule has 0 saturated carbocycles. The zero-order valence-corrected chi connectivity index (χ0v) is 8.31. The Kier molecular flexibility index (Phi) is 3.50. The topological polar surface area (TPSA) is 33.3 Å². The third-order valence-electron chi connectivity index (χ3n) is 1.84. The highest BCUT2D eigenvalue weighted by Gasteiger charge is 2.16. The molecule has 72 valence electrons. The maximum absolute atomic E-state index is 5.67. The summed E-state index contributed by atoms with van der Waals surface area (Å²) in [5.74, 6) is 0. The van der Waals surface area contributed by atoms with Crippen molar-refractivity contribution in [2.45, 2.75) is 32.4 Å². The number of nitrogens with one attached hydrogen (secondary N) is 2. The lowest BCUT2D eigenvalue weighted by Crippen LogP contribution is -2.51. The first-order chi connectivity index (χ1) is 5.58. The summed E-state index contributed by atoms with van der Waals surface area (Å²) < 4.78 is 5.67. The maximum Gasteiger partial charge on any atom is 0.0639 e. The molecule has 1 fully saturated rings. The monoisotopic (exact) mass is 172 g/mol. The summed E-state index contributed by atoms with van der Waals surface area (Å²) in [5.41, 5.74) is -0.0148. The van der Waals surface area contributed by atoms with Crippen molar-refractivity contribution in [1.29, 1.82) is 0 Å². The number of rotatable bonds is 2. The predicted molar refractivity (Wildman–Crippen MR) is 50.4 cm³/mol. The molecule has 3 heteroatoms. The van der Waals surface area contributed by atoms with Crippen molar-refractivity contribution in [1.82, 2.24) is 10.6 Å². The molecule has 0 aromatic rings. The highest BCUT2D eigenvalue weighted by molar-refractivity contribution is 4.75. The molecule has 1 rings (SSSR count). The maximum atomic E-state index is 5.67. The predicted octanol–water partition coefficient (Wildman–Crippen LogP) is 0.363. The van der Waals surface area contributed by atoms with Crippen LogP contribution in [0.3, 0.4) is 0 Å². The van der Waals surface area contributed by atoms with Gasteiger partial charge in [0.2, 0.25) is 0 Å². The van der Waals surface area contributed by atoms with Gasteiger partial charge in [0.15, 0.2) is 0 Å². The van der Waals surface area contributed by atoms with E-state index >= 15 is 0 Å². The summed E-state index contributed by atoms with van der Waals surface area (Å²) in [4.78, 5) is 0. The Bertz CT molecular complexity index is 125. The van der Waals surface area contributed by atoms with E-state index in [9.17, 15) is 0 Å². The van der Waals surface area contributed by atoms with Gasteiger partial charge >= 0.3 is 0 Å². The Balaban J connectivity index is 2.13. The molecule has 1 aliphatic rings. The molecule has 0 aromatic heterocycles. The molecule has 0 aromatic carbocycles. The highest BCUT2D eigenvalue weighted by Crippen LogP contribution is 2.07. The second kappa shape index (κ2) is 4.21. The Morgan fingerprint density at radius 3 is 2.58 bits per heavy atom. The van der Waals surface area contributed by atoms with Crippen LogP contribution in [0.5, 0.6) is 0 Å². The summed E-state index contributed by atoms with van der Waals surface area (Å²) >= 11 is 0. The molecule has 12 heavy (non-hydrogen) atoms. The molecular weight excluding hydrogens is 152 g/mol. The summed E-state index contributed by atoms with van der Waals surface area (Å²) in [6.07, 6.45) is 0. The first-order valence-corrected chi connectivity index (χ1v) is 4.66. The minimum Gasteiger partial charge on any atom is -0.374 e. The normalized spacial score (nSPS) is 25.8. The van der Waals surface area contributed by atoms with Crippen molar-refractivity contribution in [3.63, 3.8) is 0 Å². The first-order valence-electron chi connectivity index (χ1n) is 4.66. The summed E-state index contributed by atoms with van der Waals surface area (Å²) in [6, 6.07) is 0.484. The lowest BCUT2D eigenvalue weighted by molar-refractivity contribution is -0.0157. The van der Waals surface area contributed by atoms with Crippen molar-refractivity contribution < 1.29 is 4.74 Å². The Labute approximate surface area is 74.9 Å². The number of hydrogen-bond donors (Lipinski definition) is 2. The molecular formula is C9H20N2O. The number of hydrogen-bond acceptors (Lipinski definition) is 3. The number of piperazine rings is 1. The van der Waals surface area contributed by atoms with Gasteiger partial charge in [0.1, 0.15) is 0 Å². The van der Waals surface area contributed by atoms with Crippen LogP contribution in [0, 0.1) is 0 Å². The van der Waals surface area contributed by atoms with Gasteiger partial charge in [-0.1, -0.05) is 0 Å². The zero-order valence-electron chi connectivity index (χ0n) is 8.31. The van der Waals surface area contributed by atoms with Gasteiger partial charge in [0, 0.05) is 25.7 Å². The van der Waals surface area contributed by atoms with Crippen LogP contribution in [0.1, 0.15) is 20.8 Å². The van der Waals surface area contributed by atoms with E-state index in [1.807, 2.05) is 0 Å². The van der Waals surface area contributed by atoms with Gasteiger partial charge in [0.05, 0.1) is 12.2 Å². The quantitative estimate of drug-likeness (QED) is 0.631. The molecule has 0 bridgehead atoms. The van der Waals surface area contributed by atoms with E-state index in [4.69, 9.17) is 4.74 Å². The van der Waals surface area contributed by atoms with Gasteiger partial charge in [-0.3, -0.25) is 0 Å². The molecule has 3 nitrogen and oxygen atoms in total. The Morgan fingerprint density at radius 1 is 1.33 bits per heavy atom. The molecule has 0 unspecified atom stereocenters. The fraction of sp³-hybridized carbons (Fsp3) is 1.00. The molecule has 2 N–H and O–H groups in total. The third kappa shape index (κ3) is 4.04. The molecule has 1 heterocycles. The minimum atomic E-state index is -0.0148. The van der Waals surface area contributed by atoms with Crippen molar-refractivity contribution in [2.24, 2.45) is 0 Å². The van der Waals surface area contributed by atoms with Crippen LogP contribution in [0.2, 0.25) is 0 Å². The second-order valence-corrected chi connectivity index (χ2v) is 4.28. The molecule has 1 aliphatic heterocycles. The molecule has 0 aliphatic carbocycles. The van der Waals surface area contributed by atoms with Crippen LogP contribution >= 0.6 is 0 Å². The summed E-state index contributed by atoms with van der Waals surface area (Å²) in [5, 5.41) is 6.73. The van der Waals surface area contributed by atoms with E-state index < -0.39 is 0 Å². The summed E-state index contributed by atoms with van der Waals surface area (Å²) in [7, 11) is 0. The van der Waals surface area contributed by atoms with E-state index in [1.54, 1.807) is 0 Å². The van der Waals surface area contributed by atoms with E-state index in [0.717, 1.165) is 26.2 Å². The van der Waals surface area contributed by atoms with Gasteiger partial charge in [0.25, 0.3) is 0 Å². The molecule has 1 atom stereocenters. The van der Waals surface area contributed by atoms with E-state index in [2.05, 4.69) is 31.4 Å². The fourth-order valence-electron chi connectivity index (χ4n) is 1.18. The van der Waals surface area contributed by atoms with E-state index in [1.165, 1.54) is 0 Å². The lowest BCUT2D eigenvalue weighted by atomic mass is 10.2. The second-order valence-electron chi connectivity index (χ2n) is 4.28. The molecule has 0 spiro atoms. The van der Waals surface area contributed by atoms with E-state index in [0.29, 0.717) is 6.04 Å². The highest BCUT2D eigenvalue weighted by atomic mass is 16.5. The minimum absolute atomic E-state index is 0.0148. The van der Waals surface area contributed by atoms with Crippen LogP contribution in [-0.2, 0) is 4.74 Å².